The van der Waals surface area contributed by atoms with Crippen LogP contribution in [-0.2, 0) is 9.59 Å². The van der Waals surface area contributed by atoms with Crippen LogP contribution < -0.4 is 9.64 Å². The molecule has 3 aromatic carbocycles. The summed E-state index contributed by atoms with van der Waals surface area (Å²) in [6, 6.07) is 20.3. The zero-order chi connectivity index (χ0) is 22.8. The summed E-state index contributed by atoms with van der Waals surface area (Å²) in [6.07, 6.45) is 0. The van der Waals surface area contributed by atoms with E-state index in [0.29, 0.717) is 34.2 Å². The number of aryl methyl sites for hydroxylation is 1. The van der Waals surface area contributed by atoms with Crippen LogP contribution in [0.5, 0.6) is 5.75 Å². The summed E-state index contributed by atoms with van der Waals surface area (Å²) in [4.78, 5) is 27.7. The highest BCUT2D eigenvalue weighted by Gasteiger charge is 2.47. The molecule has 0 spiro atoms. The van der Waals surface area contributed by atoms with Crippen LogP contribution in [0.4, 0.5) is 5.69 Å². The van der Waals surface area contributed by atoms with Gasteiger partial charge < -0.3 is 9.84 Å². The van der Waals surface area contributed by atoms with Crippen molar-refractivity contribution >= 4 is 34.7 Å². The monoisotopic (exact) mass is 447 g/mol. The average Bonchev–Trinajstić information content (AvgIpc) is 3.07. The number of ether oxygens (including phenoxy) is 1. The molecule has 32 heavy (non-hydrogen) atoms. The van der Waals surface area contributed by atoms with Gasteiger partial charge in [0.2, 0.25) is 0 Å². The summed E-state index contributed by atoms with van der Waals surface area (Å²) in [5.41, 5.74) is 2.50. The standard InChI is InChI=1S/C26H22ClNO4/c1-3-32-20-13-10-17(11-14-20)23-22(24(29)18-7-5-4-6-8-18)25(30)26(31)28(23)19-12-9-16(2)21(27)15-19/h4-15,23,29H,3H2,1-2H3/b24-22-. The van der Waals surface area contributed by atoms with E-state index in [1.807, 2.05) is 19.9 Å². The van der Waals surface area contributed by atoms with Gasteiger partial charge in [-0.05, 0) is 49.2 Å². The van der Waals surface area contributed by atoms with Crippen molar-refractivity contribution in [2.24, 2.45) is 0 Å². The maximum atomic E-state index is 13.2. The van der Waals surface area contributed by atoms with E-state index >= 15 is 0 Å². The highest BCUT2D eigenvalue weighted by Crippen LogP contribution is 2.43. The summed E-state index contributed by atoms with van der Waals surface area (Å²) in [5.74, 6) is -1.01. The van der Waals surface area contributed by atoms with Gasteiger partial charge in [0.15, 0.2) is 0 Å². The van der Waals surface area contributed by atoms with Gasteiger partial charge in [0.05, 0.1) is 18.2 Å². The van der Waals surface area contributed by atoms with Gasteiger partial charge in [-0.2, -0.15) is 0 Å². The van der Waals surface area contributed by atoms with E-state index in [9.17, 15) is 14.7 Å². The summed E-state index contributed by atoms with van der Waals surface area (Å²) in [7, 11) is 0. The van der Waals surface area contributed by atoms with Crippen molar-refractivity contribution in [3.05, 3.63) is 100 Å². The van der Waals surface area contributed by atoms with Crippen LogP contribution in [0.25, 0.3) is 5.76 Å². The van der Waals surface area contributed by atoms with E-state index in [2.05, 4.69) is 0 Å². The zero-order valence-electron chi connectivity index (χ0n) is 17.7. The van der Waals surface area contributed by atoms with Gasteiger partial charge in [0, 0.05) is 16.3 Å². The molecule has 1 aliphatic rings. The van der Waals surface area contributed by atoms with Crippen LogP contribution >= 0.6 is 11.6 Å². The molecule has 1 N–H and O–H groups in total. The molecule has 1 saturated heterocycles. The Balaban J connectivity index is 1.91. The fourth-order valence-corrected chi connectivity index (χ4v) is 3.99. The van der Waals surface area contributed by atoms with Crippen LogP contribution in [0.1, 0.15) is 29.7 Å². The molecule has 0 bridgehead atoms. The summed E-state index contributed by atoms with van der Waals surface area (Å²) < 4.78 is 5.52. The second kappa shape index (κ2) is 8.89. The molecule has 6 heteroatoms. The number of hydrogen-bond acceptors (Lipinski definition) is 4. The second-order valence-corrected chi connectivity index (χ2v) is 7.88. The van der Waals surface area contributed by atoms with Gasteiger partial charge in [-0.25, -0.2) is 0 Å². The number of Topliss-reactive ketones (excluding diaryl/α,β-unsaturated/α-hetero) is 1. The van der Waals surface area contributed by atoms with Gasteiger partial charge in [-0.1, -0.05) is 60.1 Å². The minimum absolute atomic E-state index is 0.0297. The Morgan fingerprint density at radius 3 is 2.34 bits per heavy atom. The lowest BCUT2D eigenvalue weighted by Gasteiger charge is -2.26. The maximum Gasteiger partial charge on any atom is 0.300 e. The van der Waals surface area contributed by atoms with E-state index in [4.69, 9.17) is 16.3 Å². The maximum absolute atomic E-state index is 13.2. The van der Waals surface area contributed by atoms with E-state index in [0.717, 1.165) is 5.56 Å². The first-order chi connectivity index (χ1) is 15.4. The number of rotatable bonds is 5. The molecule has 1 aliphatic heterocycles. The normalized spacial score (nSPS) is 17.6. The molecule has 0 radical (unpaired) electrons. The van der Waals surface area contributed by atoms with Crippen LogP contribution in [0.3, 0.4) is 0 Å². The van der Waals surface area contributed by atoms with Gasteiger partial charge in [0.1, 0.15) is 11.5 Å². The molecule has 1 heterocycles. The molecule has 5 nitrogen and oxygen atoms in total. The Hall–Kier alpha value is -3.57. The van der Waals surface area contributed by atoms with Crippen LogP contribution in [0, 0.1) is 6.92 Å². The topological polar surface area (TPSA) is 66.8 Å². The van der Waals surface area contributed by atoms with E-state index in [1.54, 1.807) is 66.7 Å². The zero-order valence-corrected chi connectivity index (χ0v) is 18.5. The number of nitrogens with zero attached hydrogens (tertiary/aromatic N) is 1. The van der Waals surface area contributed by atoms with E-state index in [1.165, 1.54) is 4.90 Å². The highest BCUT2D eigenvalue weighted by molar-refractivity contribution is 6.51. The Labute approximate surface area is 191 Å². The van der Waals surface area contributed by atoms with E-state index < -0.39 is 17.7 Å². The van der Waals surface area contributed by atoms with Crippen molar-refractivity contribution in [1.82, 2.24) is 0 Å². The lowest BCUT2D eigenvalue weighted by atomic mass is 9.95. The van der Waals surface area contributed by atoms with Gasteiger partial charge in [0.25, 0.3) is 11.7 Å². The Morgan fingerprint density at radius 1 is 1.03 bits per heavy atom. The SMILES string of the molecule is CCOc1ccc(C2/C(=C(/O)c3ccccc3)C(=O)C(=O)N2c2ccc(C)c(Cl)c2)cc1. The Morgan fingerprint density at radius 2 is 1.72 bits per heavy atom. The van der Waals surface area contributed by atoms with Crippen molar-refractivity contribution in [3.8, 4) is 5.75 Å². The van der Waals surface area contributed by atoms with Crippen LogP contribution in [-0.4, -0.2) is 23.4 Å². The first-order valence-corrected chi connectivity index (χ1v) is 10.7. The van der Waals surface area contributed by atoms with Crippen molar-refractivity contribution in [1.29, 1.82) is 0 Å². The molecule has 1 atom stereocenters. The van der Waals surface area contributed by atoms with Crippen LogP contribution in [0.2, 0.25) is 5.02 Å². The number of amides is 1. The lowest BCUT2D eigenvalue weighted by molar-refractivity contribution is -0.132. The number of anilines is 1. The van der Waals surface area contributed by atoms with Crippen LogP contribution in [0.15, 0.2) is 78.4 Å². The van der Waals surface area contributed by atoms with Gasteiger partial charge in [-0.3, -0.25) is 14.5 Å². The highest BCUT2D eigenvalue weighted by atomic mass is 35.5. The number of hydrogen-bond donors (Lipinski definition) is 1. The molecule has 162 valence electrons. The summed E-state index contributed by atoms with van der Waals surface area (Å²) in [6.45, 7) is 4.27. The molecule has 3 aromatic rings. The third-order valence-corrected chi connectivity index (χ3v) is 5.84. The minimum atomic E-state index is -0.815. The third-order valence-electron chi connectivity index (χ3n) is 5.43. The minimum Gasteiger partial charge on any atom is -0.507 e. The molecule has 1 fully saturated rings. The number of benzene rings is 3. The molecule has 1 unspecified atom stereocenters. The lowest BCUT2D eigenvalue weighted by Crippen LogP contribution is -2.29. The molecule has 1 amide bonds. The largest absolute Gasteiger partial charge is 0.507 e. The van der Waals surface area contributed by atoms with Gasteiger partial charge in [-0.15, -0.1) is 0 Å². The van der Waals surface area contributed by atoms with Crippen molar-refractivity contribution in [2.45, 2.75) is 19.9 Å². The molecular weight excluding hydrogens is 426 g/mol. The quantitative estimate of drug-likeness (QED) is 0.310. The average molecular weight is 448 g/mol. The Kier molecular flexibility index (Phi) is 6.01. The Bertz CT molecular complexity index is 1200. The summed E-state index contributed by atoms with van der Waals surface area (Å²) in [5, 5.41) is 11.6. The van der Waals surface area contributed by atoms with Crippen molar-refractivity contribution in [2.75, 3.05) is 11.5 Å². The van der Waals surface area contributed by atoms with Gasteiger partial charge >= 0.3 is 0 Å². The third kappa shape index (κ3) is 3.87. The first kappa shape index (κ1) is 21.7. The number of aliphatic hydroxyl groups excluding tert-OH is 1. The number of carbonyl (C=O) groups is 2. The second-order valence-electron chi connectivity index (χ2n) is 7.47. The predicted octanol–water partition coefficient (Wildman–Crippen LogP) is 5.67. The molecule has 0 aliphatic carbocycles. The number of carbonyl (C=O) groups excluding carboxylic acids is 2. The number of aliphatic hydroxyl groups is 1. The fourth-order valence-electron chi connectivity index (χ4n) is 3.81. The van der Waals surface area contributed by atoms with E-state index in [-0.39, 0.29) is 11.3 Å². The predicted molar refractivity (Wildman–Crippen MR) is 125 cm³/mol. The summed E-state index contributed by atoms with van der Waals surface area (Å²) >= 11 is 6.32. The fraction of sp³-hybridized carbons (Fsp3) is 0.154. The molecule has 0 aromatic heterocycles. The number of ketones is 1. The smallest absolute Gasteiger partial charge is 0.300 e. The molecule has 0 saturated carbocycles. The van der Waals surface area contributed by atoms with Crippen molar-refractivity contribution < 1.29 is 19.4 Å². The molecular formula is C26H22ClNO4. The van der Waals surface area contributed by atoms with Crippen molar-refractivity contribution in [3.63, 3.8) is 0 Å². The number of halogens is 1. The molecule has 4 rings (SSSR count). The first-order valence-electron chi connectivity index (χ1n) is 10.3.